The fourth-order valence-corrected chi connectivity index (χ4v) is 4.02. The van der Waals surface area contributed by atoms with E-state index in [1.807, 2.05) is 12.1 Å². The summed E-state index contributed by atoms with van der Waals surface area (Å²) < 4.78 is 16.3. The molecule has 0 spiro atoms. The number of piperidine rings is 1. The quantitative estimate of drug-likeness (QED) is 0.733. The van der Waals surface area contributed by atoms with Crippen LogP contribution in [0.5, 0.6) is 17.2 Å². The number of methoxy groups -OCH3 is 3. The normalized spacial score (nSPS) is 20.4. The van der Waals surface area contributed by atoms with Crippen LogP contribution in [0.25, 0.3) is 0 Å². The summed E-state index contributed by atoms with van der Waals surface area (Å²) in [7, 11) is 4.63. The zero-order valence-corrected chi connectivity index (χ0v) is 16.8. The molecule has 1 saturated heterocycles. The summed E-state index contributed by atoms with van der Waals surface area (Å²) in [5.41, 5.74) is 0.779. The number of carboxylic acid groups (broad SMARTS) is 1. The summed E-state index contributed by atoms with van der Waals surface area (Å²) in [6.45, 7) is 0.487. The Bertz CT molecular complexity index is 705. The van der Waals surface area contributed by atoms with Gasteiger partial charge in [-0.05, 0) is 49.3 Å². The number of carbonyl (C=O) groups excluding carboxylic acids is 1. The Balaban J connectivity index is 1.97. The van der Waals surface area contributed by atoms with Crippen LogP contribution in [0.3, 0.4) is 0 Å². The van der Waals surface area contributed by atoms with Crippen molar-refractivity contribution < 1.29 is 28.9 Å². The van der Waals surface area contributed by atoms with E-state index in [4.69, 9.17) is 14.2 Å². The number of benzene rings is 1. The molecule has 2 aliphatic rings. The number of likely N-dealkylation sites (tertiary alicyclic amines) is 1. The third kappa shape index (κ3) is 4.18. The highest BCUT2D eigenvalue weighted by Gasteiger charge is 2.39. The van der Waals surface area contributed by atoms with Crippen molar-refractivity contribution in [1.29, 1.82) is 0 Å². The van der Waals surface area contributed by atoms with E-state index >= 15 is 0 Å². The molecule has 1 saturated carbocycles. The Morgan fingerprint density at radius 1 is 1.07 bits per heavy atom. The van der Waals surface area contributed by atoms with E-state index in [1.165, 1.54) is 7.11 Å². The molecule has 1 aromatic rings. The van der Waals surface area contributed by atoms with Gasteiger partial charge in [0.1, 0.15) is 6.04 Å². The van der Waals surface area contributed by atoms with Crippen LogP contribution >= 0.6 is 0 Å². The minimum atomic E-state index is -0.928. The highest BCUT2D eigenvalue weighted by Crippen LogP contribution is 2.45. The molecule has 1 unspecified atom stereocenters. The standard InChI is InChI=1S/C21H29NO6/c1-26-17-11-14(12-18(27-2)19(17)28-3)15(10-13-7-8-13)20(23)22-9-5-4-6-16(22)21(24)25/h11-13,15-16H,4-10H2,1-3H3,(H,24,25)/t15-,16?/m0/s1. The second kappa shape index (κ2) is 8.71. The lowest BCUT2D eigenvalue weighted by atomic mass is 9.89. The smallest absolute Gasteiger partial charge is 0.326 e. The maximum absolute atomic E-state index is 13.5. The van der Waals surface area contributed by atoms with Gasteiger partial charge in [0.25, 0.3) is 0 Å². The minimum absolute atomic E-state index is 0.117. The van der Waals surface area contributed by atoms with Crippen molar-refractivity contribution in [3.63, 3.8) is 0 Å². The molecule has 3 rings (SSSR count). The molecule has 1 aliphatic carbocycles. The molecule has 7 nitrogen and oxygen atoms in total. The zero-order chi connectivity index (χ0) is 20.3. The molecule has 0 bridgehead atoms. The molecule has 2 atom stereocenters. The first-order chi connectivity index (χ1) is 13.5. The Labute approximate surface area is 165 Å². The molecule has 0 aromatic heterocycles. The highest BCUT2D eigenvalue weighted by molar-refractivity contribution is 5.88. The molecule has 1 aliphatic heterocycles. The van der Waals surface area contributed by atoms with Crippen LogP contribution in [0, 0.1) is 5.92 Å². The van der Waals surface area contributed by atoms with Crippen LogP contribution in [-0.2, 0) is 9.59 Å². The maximum Gasteiger partial charge on any atom is 0.326 e. The lowest BCUT2D eigenvalue weighted by Gasteiger charge is -2.35. The van der Waals surface area contributed by atoms with Gasteiger partial charge in [0.05, 0.1) is 27.2 Å². The second-order valence-corrected chi connectivity index (χ2v) is 7.57. The van der Waals surface area contributed by atoms with Gasteiger partial charge in [0, 0.05) is 6.54 Å². The van der Waals surface area contributed by atoms with Crippen molar-refractivity contribution in [2.24, 2.45) is 5.92 Å². The summed E-state index contributed by atoms with van der Waals surface area (Å²) in [5, 5.41) is 9.59. The van der Waals surface area contributed by atoms with E-state index in [-0.39, 0.29) is 5.91 Å². The lowest BCUT2D eigenvalue weighted by Crippen LogP contribution is -2.49. The van der Waals surface area contributed by atoms with Gasteiger partial charge in [-0.1, -0.05) is 12.8 Å². The van der Waals surface area contributed by atoms with Crippen LogP contribution in [0.1, 0.15) is 50.0 Å². The van der Waals surface area contributed by atoms with Crippen molar-refractivity contribution in [1.82, 2.24) is 4.90 Å². The number of hydrogen-bond acceptors (Lipinski definition) is 5. The van der Waals surface area contributed by atoms with E-state index in [0.29, 0.717) is 42.6 Å². The minimum Gasteiger partial charge on any atom is -0.493 e. The first-order valence-corrected chi connectivity index (χ1v) is 9.83. The second-order valence-electron chi connectivity index (χ2n) is 7.57. The van der Waals surface area contributed by atoms with Crippen molar-refractivity contribution in [3.05, 3.63) is 17.7 Å². The van der Waals surface area contributed by atoms with Crippen LogP contribution in [0.2, 0.25) is 0 Å². The summed E-state index contributed by atoms with van der Waals surface area (Å²) in [5.74, 6) is 0.518. The highest BCUT2D eigenvalue weighted by atomic mass is 16.5. The van der Waals surface area contributed by atoms with Crippen LogP contribution in [0.4, 0.5) is 0 Å². The van der Waals surface area contributed by atoms with Gasteiger partial charge in [0.15, 0.2) is 11.5 Å². The fourth-order valence-electron chi connectivity index (χ4n) is 4.02. The number of amides is 1. The molecule has 1 amide bonds. The van der Waals surface area contributed by atoms with Gasteiger partial charge in [-0.3, -0.25) is 4.79 Å². The molecular weight excluding hydrogens is 362 g/mol. The number of carboxylic acids is 1. The maximum atomic E-state index is 13.5. The van der Waals surface area contributed by atoms with Crippen LogP contribution in [0.15, 0.2) is 12.1 Å². The number of nitrogens with zero attached hydrogens (tertiary/aromatic N) is 1. The Kier molecular flexibility index (Phi) is 6.31. The average molecular weight is 391 g/mol. The van der Waals surface area contributed by atoms with E-state index < -0.39 is 17.9 Å². The first-order valence-electron chi connectivity index (χ1n) is 9.83. The summed E-state index contributed by atoms with van der Waals surface area (Å²) in [6.07, 6.45) is 5.10. The summed E-state index contributed by atoms with van der Waals surface area (Å²) >= 11 is 0. The SMILES string of the molecule is COc1cc([C@H](CC2CC2)C(=O)N2CCCCC2C(=O)O)cc(OC)c1OC. The molecule has 1 N–H and O–H groups in total. The number of rotatable bonds is 8. The molecule has 2 fully saturated rings. The van der Waals surface area contributed by atoms with Crippen molar-refractivity contribution in [2.45, 2.75) is 50.5 Å². The predicted molar refractivity (Wildman–Crippen MR) is 103 cm³/mol. The lowest BCUT2D eigenvalue weighted by molar-refractivity contribution is -0.152. The van der Waals surface area contributed by atoms with Crippen molar-refractivity contribution >= 4 is 11.9 Å². The van der Waals surface area contributed by atoms with E-state index in [1.54, 1.807) is 19.1 Å². The molecule has 7 heteroatoms. The molecule has 1 aromatic carbocycles. The van der Waals surface area contributed by atoms with Crippen molar-refractivity contribution in [3.8, 4) is 17.2 Å². The van der Waals surface area contributed by atoms with E-state index in [9.17, 15) is 14.7 Å². The van der Waals surface area contributed by atoms with E-state index in [0.717, 1.165) is 31.2 Å². The van der Waals surface area contributed by atoms with Gasteiger partial charge in [-0.15, -0.1) is 0 Å². The Morgan fingerprint density at radius 2 is 1.71 bits per heavy atom. The number of aliphatic carboxylic acids is 1. The third-order valence-corrected chi connectivity index (χ3v) is 5.72. The van der Waals surface area contributed by atoms with Gasteiger partial charge in [0.2, 0.25) is 11.7 Å². The first kappa shape index (κ1) is 20.3. The Hall–Kier alpha value is -2.44. The van der Waals surface area contributed by atoms with Gasteiger partial charge < -0.3 is 24.2 Å². The largest absolute Gasteiger partial charge is 0.493 e. The van der Waals surface area contributed by atoms with Gasteiger partial charge >= 0.3 is 5.97 Å². The van der Waals surface area contributed by atoms with Gasteiger partial charge in [-0.25, -0.2) is 4.79 Å². The molecule has 1 heterocycles. The average Bonchev–Trinajstić information content (AvgIpc) is 3.54. The molecule has 154 valence electrons. The van der Waals surface area contributed by atoms with Crippen LogP contribution in [-0.4, -0.2) is 55.8 Å². The van der Waals surface area contributed by atoms with Crippen molar-refractivity contribution in [2.75, 3.05) is 27.9 Å². The number of carbonyl (C=O) groups is 2. The monoisotopic (exact) mass is 391 g/mol. The zero-order valence-electron chi connectivity index (χ0n) is 16.8. The molecule has 28 heavy (non-hydrogen) atoms. The number of hydrogen-bond donors (Lipinski definition) is 1. The number of ether oxygens (including phenoxy) is 3. The molecular formula is C21H29NO6. The summed E-state index contributed by atoms with van der Waals surface area (Å²) in [4.78, 5) is 26.7. The van der Waals surface area contributed by atoms with Gasteiger partial charge in [-0.2, -0.15) is 0 Å². The topological polar surface area (TPSA) is 85.3 Å². The van der Waals surface area contributed by atoms with E-state index in [2.05, 4.69) is 0 Å². The molecule has 0 radical (unpaired) electrons. The Morgan fingerprint density at radius 3 is 2.21 bits per heavy atom. The van der Waals surface area contributed by atoms with Crippen LogP contribution < -0.4 is 14.2 Å². The third-order valence-electron chi connectivity index (χ3n) is 5.72. The summed E-state index contributed by atoms with van der Waals surface area (Å²) in [6, 6.07) is 2.88. The predicted octanol–water partition coefficient (Wildman–Crippen LogP) is 3.06. The fraction of sp³-hybridized carbons (Fsp3) is 0.619.